The molecule has 0 N–H and O–H groups in total. The van der Waals surface area contributed by atoms with E-state index in [2.05, 4.69) is 9.27 Å². The minimum absolute atomic E-state index is 0.300. The molecule has 2 heterocycles. The molecule has 0 bridgehead atoms. The average Bonchev–Trinajstić information content (AvgIpc) is 2.95. The summed E-state index contributed by atoms with van der Waals surface area (Å²) in [5.41, 5.74) is 0.269. The summed E-state index contributed by atoms with van der Waals surface area (Å²) in [5.74, 6) is -0.364. The first-order valence-electron chi connectivity index (χ1n) is 8.14. The number of carbonyl (C=O) groups is 1. The van der Waals surface area contributed by atoms with Gasteiger partial charge in [0, 0.05) is 36.6 Å². The molecule has 0 atom stereocenters. The fraction of sp³-hybridized carbons (Fsp3) is 0.500. The smallest absolute Gasteiger partial charge is 0.410 e. The van der Waals surface area contributed by atoms with Crippen LogP contribution in [0.1, 0.15) is 20.8 Å². The zero-order valence-corrected chi connectivity index (χ0v) is 16.3. The molecule has 0 saturated carbocycles. The molecule has 1 amide bonds. The van der Waals surface area contributed by atoms with Crippen molar-refractivity contribution in [2.75, 3.05) is 31.1 Å². The number of aromatic nitrogens is 1. The average molecular weight is 384 g/mol. The number of amides is 1. The van der Waals surface area contributed by atoms with Gasteiger partial charge >= 0.3 is 6.09 Å². The molecule has 0 unspecified atom stereocenters. The zero-order chi connectivity index (χ0) is 18.4. The quantitative estimate of drug-likeness (QED) is 0.710. The lowest BCUT2D eigenvalue weighted by molar-refractivity contribution is 0.0241. The van der Waals surface area contributed by atoms with Crippen molar-refractivity contribution in [3.63, 3.8) is 0 Å². The van der Waals surface area contributed by atoms with Crippen LogP contribution in [-0.2, 0) is 4.74 Å². The largest absolute Gasteiger partial charge is 0.444 e. The van der Waals surface area contributed by atoms with Crippen molar-refractivity contribution in [3.05, 3.63) is 16.9 Å². The first-order chi connectivity index (χ1) is 11.7. The van der Waals surface area contributed by atoms with Gasteiger partial charge in [-0.25, -0.2) is 9.18 Å². The molecule has 25 heavy (non-hydrogen) atoms. The van der Waals surface area contributed by atoms with Crippen LogP contribution < -0.4 is 10.4 Å². The van der Waals surface area contributed by atoms with Crippen molar-refractivity contribution < 1.29 is 13.9 Å². The maximum absolute atomic E-state index is 14.3. The molecule has 1 fully saturated rings. The second kappa shape index (κ2) is 6.65. The highest BCUT2D eigenvalue weighted by Crippen LogP contribution is 2.34. The Morgan fingerprint density at radius 2 is 2.00 bits per heavy atom. The summed E-state index contributed by atoms with van der Waals surface area (Å²) in [6, 6.07) is 1.77. The third-order valence-electron chi connectivity index (χ3n) is 4.09. The molecule has 1 aromatic carbocycles. The summed E-state index contributed by atoms with van der Waals surface area (Å²) >= 11 is 7.40. The summed E-state index contributed by atoms with van der Waals surface area (Å²) in [5, 5.41) is 2.02. The molecule has 0 radical (unpaired) electrons. The van der Waals surface area contributed by atoms with Crippen LogP contribution in [0.4, 0.5) is 14.2 Å². The van der Waals surface area contributed by atoms with Crippen molar-refractivity contribution >= 4 is 58.4 Å². The van der Waals surface area contributed by atoms with Crippen molar-refractivity contribution in [2.45, 2.75) is 26.4 Å². The predicted octanol–water partition coefficient (Wildman–Crippen LogP) is 2.40. The van der Waals surface area contributed by atoms with Crippen LogP contribution in [0.3, 0.4) is 0 Å². The van der Waals surface area contributed by atoms with Gasteiger partial charge in [-0.2, -0.15) is 4.37 Å². The molecule has 1 aliphatic rings. The third-order valence-corrected chi connectivity index (χ3v) is 5.41. The summed E-state index contributed by atoms with van der Waals surface area (Å²) in [4.78, 5) is 16.0. The van der Waals surface area contributed by atoms with E-state index in [0.29, 0.717) is 42.2 Å². The van der Waals surface area contributed by atoms with Gasteiger partial charge in [-0.1, -0.05) is 11.6 Å². The maximum Gasteiger partial charge on any atom is 0.410 e. The molecular weight excluding hydrogens is 364 g/mol. The van der Waals surface area contributed by atoms with Gasteiger partial charge in [0.15, 0.2) is 0 Å². The SMILES string of the molecule is Bc1c(Cl)cc2c(N3CCN(C(=O)OC(C)(C)C)CC3)snc2c1F. The fourth-order valence-corrected chi connectivity index (χ4v) is 3.84. The molecule has 134 valence electrons. The summed E-state index contributed by atoms with van der Waals surface area (Å²) in [6.45, 7) is 7.95. The number of piperazine rings is 1. The number of hydrogen-bond donors (Lipinski definition) is 0. The Balaban J connectivity index is 1.76. The van der Waals surface area contributed by atoms with E-state index < -0.39 is 5.60 Å². The molecule has 9 heteroatoms. The van der Waals surface area contributed by atoms with E-state index in [-0.39, 0.29) is 11.9 Å². The Labute approximate surface area is 156 Å². The van der Waals surface area contributed by atoms with E-state index in [9.17, 15) is 9.18 Å². The summed E-state index contributed by atoms with van der Waals surface area (Å²) in [6.07, 6.45) is -0.300. The van der Waals surface area contributed by atoms with Crippen LogP contribution in [-0.4, -0.2) is 55.0 Å². The first-order valence-corrected chi connectivity index (χ1v) is 9.29. The van der Waals surface area contributed by atoms with Crippen LogP contribution in [0.5, 0.6) is 0 Å². The molecule has 1 aromatic heterocycles. The Kier molecular flexibility index (Phi) is 4.85. The number of fused-ring (bicyclic) bond motifs is 1. The minimum Gasteiger partial charge on any atom is -0.444 e. The van der Waals surface area contributed by atoms with Crippen molar-refractivity contribution in [1.29, 1.82) is 0 Å². The van der Waals surface area contributed by atoms with Gasteiger partial charge < -0.3 is 14.5 Å². The van der Waals surface area contributed by atoms with Gasteiger partial charge in [0.1, 0.15) is 29.8 Å². The highest BCUT2D eigenvalue weighted by Gasteiger charge is 2.27. The van der Waals surface area contributed by atoms with Gasteiger partial charge in [-0.15, -0.1) is 0 Å². The van der Waals surface area contributed by atoms with E-state index in [1.165, 1.54) is 11.5 Å². The molecular formula is C16H20BClFN3O2S. The lowest BCUT2D eigenvalue weighted by atomic mass is 9.94. The number of nitrogens with zero attached hydrogens (tertiary/aromatic N) is 3. The van der Waals surface area contributed by atoms with Gasteiger partial charge in [-0.3, -0.25) is 0 Å². The predicted molar refractivity (Wildman–Crippen MR) is 103 cm³/mol. The molecule has 0 aliphatic carbocycles. The maximum atomic E-state index is 14.3. The number of benzene rings is 1. The number of rotatable bonds is 1. The molecule has 2 aromatic rings. The Morgan fingerprint density at radius 3 is 2.60 bits per heavy atom. The molecule has 1 aliphatic heterocycles. The minimum atomic E-state index is -0.506. The standard InChI is InChI=1S/C16H20BClFN3O2S/c1-16(2,3)24-15(23)22-6-4-21(5-7-22)14-9-8-10(18)11(17)12(19)13(9)20-25-14/h8H,4-7,17H2,1-3H3. The monoisotopic (exact) mass is 383 g/mol. The molecule has 1 saturated heterocycles. The topological polar surface area (TPSA) is 45.7 Å². The Hall–Kier alpha value is -1.54. The van der Waals surface area contributed by atoms with Crippen LogP contribution in [0.2, 0.25) is 5.02 Å². The fourth-order valence-electron chi connectivity index (χ4n) is 2.74. The van der Waals surface area contributed by atoms with E-state index >= 15 is 0 Å². The first kappa shape index (κ1) is 18.3. The molecule has 3 rings (SSSR count). The summed E-state index contributed by atoms with van der Waals surface area (Å²) < 4.78 is 24.0. The Morgan fingerprint density at radius 1 is 1.36 bits per heavy atom. The van der Waals surface area contributed by atoms with E-state index in [0.717, 1.165) is 10.4 Å². The number of ether oxygens (including phenoxy) is 1. The van der Waals surface area contributed by atoms with Crippen molar-refractivity contribution in [3.8, 4) is 0 Å². The lowest BCUT2D eigenvalue weighted by Crippen LogP contribution is -2.50. The third kappa shape index (κ3) is 3.69. The van der Waals surface area contributed by atoms with E-state index in [4.69, 9.17) is 16.3 Å². The zero-order valence-electron chi connectivity index (χ0n) is 14.7. The van der Waals surface area contributed by atoms with Gasteiger partial charge in [0.25, 0.3) is 0 Å². The normalized spacial score (nSPS) is 15.7. The van der Waals surface area contributed by atoms with Crippen LogP contribution in [0.15, 0.2) is 6.07 Å². The Bertz CT molecular complexity index is 816. The van der Waals surface area contributed by atoms with Crippen LogP contribution in [0.25, 0.3) is 10.9 Å². The number of anilines is 1. The van der Waals surface area contributed by atoms with Crippen LogP contribution in [0, 0.1) is 5.82 Å². The van der Waals surface area contributed by atoms with E-state index in [1.54, 1.807) is 18.8 Å². The number of halogens is 2. The molecule has 0 spiro atoms. The summed E-state index contributed by atoms with van der Waals surface area (Å²) in [7, 11) is 1.65. The number of carbonyl (C=O) groups excluding carboxylic acids is 1. The van der Waals surface area contributed by atoms with Gasteiger partial charge in [0.05, 0.1) is 0 Å². The second-order valence-electron chi connectivity index (χ2n) is 7.14. The van der Waals surface area contributed by atoms with Crippen molar-refractivity contribution in [2.24, 2.45) is 0 Å². The lowest BCUT2D eigenvalue weighted by Gasteiger charge is -2.36. The highest BCUT2D eigenvalue weighted by molar-refractivity contribution is 7.11. The van der Waals surface area contributed by atoms with Crippen molar-refractivity contribution in [1.82, 2.24) is 9.27 Å². The highest BCUT2D eigenvalue weighted by atomic mass is 35.5. The molecule has 5 nitrogen and oxygen atoms in total. The van der Waals surface area contributed by atoms with Gasteiger partial charge in [-0.05, 0) is 43.8 Å². The second-order valence-corrected chi connectivity index (χ2v) is 8.29. The van der Waals surface area contributed by atoms with Gasteiger partial charge in [0.2, 0.25) is 0 Å². The number of hydrogen-bond acceptors (Lipinski definition) is 5. The van der Waals surface area contributed by atoms with Crippen LogP contribution >= 0.6 is 23.1 Å². The van der Waals surface area contributed by atoms with E-state index in [1.807, 2.05) is 20.8 Å².